The number of hydrogen-bond acceptors (Lipinski definition) is 1. The highest BCUT2D eigenvalue weighted by atomic mass is 16.1. The smallest absolute Gasteiger partial charge is 0.210 e. The lowest BCUT2D eigenvalue weighted by atomic mass is 9.80. The second kappa shape index (κ2) is 3.41. The summed E-state index contributed by atoms with van der Waals surface area (Å²) in [4.78, 5) is 12.6. The molecule has 1 aliphatic rings. The van der Waals surface area contributed by atoms with Crippen LogP contribution in [0.2, 0.25) is 0 Å². The highest BCUT2D eigenvalue weighted by Crippen LogP contribution is 2.35. The highest BCUT2D eigenvalue weighted by Gasteiger charge is 2.40. The third kappa shape index (κ3) is 1.85. The van der Waals surface area contributed by atoms with Crippen LogP contribution in [0.25, 0.3) is 0 Å². The predicted octanol–water partition coefficient (Wildman–Crippen LogP) is 1.51. The van der Waals surface area contributed by atoms with Gasteiger partial charge in [-0.2, -0.15) is 0 Å². The van der Waals surface area contributed by atoms with Crippen molar-refractivity contribution in [3.63, 3.8) is 0 Å². The quantitative estimate of drug-likeness (QED) is 0.441. The fraction of sp³-hybridized carbons (Fsp3) is 0.727. The van der Waals surface area contributed by atoms with Crippen LogP contribution in [0.3, 0.4) is 0 Å². The maximum Gasteiger partial charge on any atom is 0.210 e. The molecule has 72 valence electrons. The van der Waals surface area contributed by atoms with Gasteiger partial charge in [0.05, 0.1) is 6.04 Å². The fourth-order valence-electron chi connectivity index (χ4n) is 2.21. The molecule has 0 bridgehead atoms. The van der Waals surface area contributed by atoms with Crippen LogP contribution in [0.4, 0.5) is 0 Å². The molecule has 1 amide bonds. The first-order chi connectivity index (χ1) is 6.00. The summed E-state index contributed by atoms with van der Waals surface area (Å²) in [5.74, 6) is 3.01. The van der Waals surface area contributed by atoms with Crippen LogP contribution in [0.15, 0.2) is 0 Å². The van der Waals surface area contributed by atoms with E-state index >= 15 is 0 Å². The Morgan fingerprint density at radius 3 is 2.54 bits per heavy atom. The fourth-order valence-corrected chi connectivity index (χ4v) is 2.21. The standard InChI is InChI=1S/C11H17NO/c1-5-9-6-7-12(8-13)10(9)11(2,3)4/h1,8-10H,6-7H2,2-4H3. The minimum Gasteiger partial charge on any atom is -0.340 e. The Balaban J connectivity index is 2.87. The van der Waals surface area contributed by atoms with Gasteiger partial charge in [-0.3, -0.25) is 4.79 Å². The van der Waals surface area contributed by atoms with Crippen molar-refractivity contribution >= 4 is 6.41 Å². The van der Waals surface area contributed by atoms with E-state index in [4.69, 9.17) is 6.42 Å². The van der Waals surface area contributed by atoms with Crippen molar-refractivity contribution in [3.05, 3.63) is 0 Å². The molecule has 0 saturated carbocycles. The minimum absolute atomic E-state index is 0.0778. The number of likely N-dealkylation sites (tertiary alicyclic amines) is 1. The molecule has 0 aromatic rings. The number of amides is 1. The Morgan fingerprint density at radius 2 is 2.15 bits per heavy atom. The summed E-state index contributed by atoms with van der Waals surface area (Å²) >= 11 is 0. The van der Waals surface area contributed by atoms with Crippen molar-refractivity contribution in [1.82, 2.24) is 4.90 Å². The summed E-state index contributed by atoms with van der Waals surface area (Å²) in [7, 11) is 0. The molecule has 0 N–H and O–H groups in total. The Labute approximate surface area is 80.3 Å². The van der Waals surface area contributed by atoms with Crippen LogP contribution >= 0.6 is 0 Å². The molecule has 13 heavy (non-hydrogen) atoms. The van der Waals surface area contributed by atoms with E-state index in [1.165, 1.54) is 0 Å². The van der Waals surface area contributed by atoms with Gasteiger partial charge in [-0.1, -0.05) is 20.8 Å². The van der Waals surface area contributed by atoms with E-state index < -0.39 is 0 Å². The molecule has 1 saturated heterocycles. The molecule has 2 unspecified atom stereocenters. The third-order valence-electron chi connectivity index (χ3n) is 2.67. The van der Waals surface area contributed by atoms with E-state index in [9.17, 15) is 4.79 Å². The molecule has 1 heterocycles. The SMILES string of the molecule is C#CC1CCN(C=O)C1C(C)(C)C. The lowest BCUT2D eigenvalue weighted by molar-refractivity contribution is -0.120. The number of terminal acetylenes is 1. The van der Waals surface area contributed by atoms with E-state index in [2.05, 4.69) is 26.7 Å². The maximum atomic E-state index is 10.8. The Morgan fingerprint density at radius 1 is 1.54 bits per heavy atom. The number of hydrogen-bond donors (Lipinski definition) is 0. The summed E-state index contributed by atoms with van der Waals surface area (Å²) in [6, 6.07) is 0.204. The second-order valence-electron chi connectivity index (χ2n) is 4.72. The van der Waals surface area contributed by atoms with E-state index in [1.54, 1.807) is 0 Å². The number of carbonyl (C=O) groups excluding carboxylic acids is 1. The third-order valence-corrected chi connectivity index (χ3v) is 2.67. The van der Waals surface area contributed by atoms with E-state index in [-0.39, 0.29) is 17.4 Å². The molecule has 1 aliphatic heterocycles. The zero-order chi connectivity index (χ0) is 10.1. The monoisotopic (exact) mass is 179 g/mol. The number of carbonyl (C=O) groups is 1. The van der Waals surface area contributed by atoms with Crippen molar-refractivity contribution in [3.8, 4) is 12.3 Å². The Kier molecular flexibility index (Phi) is 2.66. The first kappa shape index (κ1) is 10.1. The van der Waals surface area contributed by atoms with Gasteiger partial charge in [0.2, 0.25) is 6.41 Å². The van der Waals surface area contributed by atoms with Crippen molar-refractivity contribution in [1.29, 1.82) is 0 Å². The molecule has 2 heteroatoms. The molecule has 2 atom stereocenters. The molecule has 1 fully saturated rings. The van der Waals surface area contributed by atoms with Crippen LogP contribution in [-0.4, -0.2) is 23.9 Å². The van der Waals surface area contributed by atoms with Gasteiger partial charge in [0.15, 0.2) is 0 Å². The highest BCUT2D eigenvalue weighted by molar-refractivity contribution is 5.49. The van der Waals surface area contributed by atoms with Gasteiger partial charge in [0, 0.05) is 12.5 Å². The van der Waals surface area contributed by atoms with Crippen molar-refractivity contribution in [2.45, 2.75) is 33.2 Å². The van der Waals surface area contributed by atoms with Gasteiger partial charge < -0.3 is 4.90 Å². The molecular formula is C11H17NO. The first-order valence-corrected chi connectivity index (χ1v) is 4.68. The molecular weight excluding hydrogens is 162 g/mol. The number of rotatable bonds is 1. The summed E-state index contributed by atoms with van der Waals surface area (Å²) < 4.78 is 0. The summed E-state index contributed by atoms with van der Waals surface area (Å²) in [5, 5.41) is 0. The average molecular weight is 179 g/mol. The van der Waals surface area contributed by atoms with Crippen molar-refractivity contribution in [2.24, 2.45) is 11.3 Å². The summed E-state index contributed by atoms with van der Waals surface area (Å²) in [6.45, 7) is 7.19. The second-order valence-corrected chi connectivity index (χ2v) is 4.72. The van der Waals surface area contributed by atoms with Crippen LogP contribution in [0.5, 0.6) is 0 Å². The zero-order valence-electron chi connectivity index (χ0n) is 8.58. The lowest BCUT2D eigenvalue weighted by Gasteiger charge is -2.34. The topological polar surface area (TPSA) is 20.3 Å². The Bertz CT molecular complexity index is 233. The van der Waals surface area contributed by atoms with E-state index in [0.29, 0.717) is 0 Å². The van der Waals surface area contributed by atoms with Crippen molar-refractivity contribution < 1.29 is 4.79 Å². The molecule has 0 radical (unpaired) electrons. The van der Waals surface area contributed by atoms with Crippen molar-refractivity contribution in [2.75, 3.05) is 6.54 Å². The average Bonchev–Trinajstić information content (AvgIpc) is 2.45. The van der Waals surface area contributed by atoms with Gasteiger partial charge in [-0.15, -0.1) is 12.3 Å². The van der Waals surface area contributed by atoms with Gasteiger partial charge in [-0.25, -0.2) is 0 Å². The zero-order valence-corrected chi connectivity index (χ0v) is 8.58. The van der Waals surface area contributed by atoms with Crippen LogP contribution < -0.4 is 0 Å². The number of nitrogens with zero attached hydrogens (tertiary/aromatic N) is 1. The van der Waals surface area contributed by atoms with Gasteiger partial charge >= 0.3 is 0 Å². The van der Waals surface area contributed by atoms with Gasteiger partial charge in [0.25, 0.3) is 0 Å². The largest absolute Gasteiger partial charge is 0.340 e. The predicted molar refractivity (Wildman–Crippen MR) is 53.0 cm³/mol. The molecule has 0 aromatic carbocycles. The minimum atomic E-state index is 0.0778. The van der Waals surface area contributed by atoms with Crippen LogP contribution in [-0.2, 0) is 4.79 Å². The molecule has 1 rings (SSSR count). The molecule has 0 aromatic heterocycles. The Hall–Kier alpha value is -0.970. The van der Waals surface area contributed by atoms with Gasteiger partial charge in [0.1, 0.15) is 0 Å². The normalized spacial score (nSPS) is 28.6. The van der Waals surface area contributed by atoms with Crippen LogP contribution in [0, 0.1) is 23.7 Å². The summed E-state index contributed by atoms with van der Waals surface area (Å²) in [6.07, 6.45) is 7.31. The molecule has 2 nitrogen and oxygen atoms in total. The maximum absolute atomic E-state index is 10.8. The molecule has 0 spiro atoms. The van der Waals surface area contributed by atoms with E-state index in [1.807, 2.05) is 4.90 Å². The van der Waals surface area contributed by atoms with Crippen LogP contribution in [0.1, 0.15) is 27.2 Å². The molecule has 0 aliphatic carbocycles. The lowest BCUT2D eigenvalue weighted by Crippen LogP contribution is -2.41. The van der Waals surface area contributed by atoms with E-state index in [0.717, 1.165) is 19.4 Å². The van der Waals surface area contributed by atoms with Gasteiger partial charge in [-0.05, 0) is 11.8 Å². The summed E-state index contributed by atoms with van der Waals surface area (Å²) in [5.41, 5.74) is 0.0778. The first-order valence-electron chi connectivity index (χ1n) is 4.68.